The van der Waals surface area contributed by atoms with Crippen LogP contribution in [-0.2, 0) is 11.3 Å². The summed E-state index contributed by atoms with van der Waals surface area (Å²) >= 11 is 0. The zero-order valence-electron chi connectivity index (χ0n) is 11.3. The first-order valence-corrected chi connectivity index (χ1v) is 6.47. The highest BCUT2D eigenvalue weighted by atomic mass is 16.5. The minimum Gasteiger partial charge on any atom is -0.361 e. The van der Waals surface area contributed by atoms with E-state index in [0.717, 1.165) is 42.9 Å². The van der Waals surface area contributed by atoms with Crippen molar-refractivity contribution in [1.82, 2.24) is 15.4 Å². The molecule has 0 radical (unpaired) electrons. The summed E-state index contributed by atoms with van der Waals surface area (Å²) in [6, 6.07) is 0. The number of carbonyl (C=O) groups excluding carboxylic acids is 1. The number of hydrogen-bond acceptors (Lipinski definition) is 4. The van der Waals surface area contributed by atoms with Crippen LogP contribution in [0.3, 0.4) is 0 Å². The first kappa shape index (κ1) is 13.1. The van der Waals surface area contributed by atoms with Gasteiger partial charge in [-0.25, -0.2) is 0 Å². The van der Waals surface area contributed by atoms with Gasteiger partial charge in [-0.3, -0.25) is 4.79 Å². The van der Waals surface area contributed by atoms with Gasteiger partial charge < -0.3 is 14.7 Å². The van der Waals surface area contributed by atoms with Gasteiger partial charge in [-0.1, -0.05) is 5.16 Å². The number of piperidine rings is 1. The number of rotatable bonds is 3. The average Bonchev–Trinajstić information content (AvgIpc) is 2.70. The van der Waals surface area contributed by atoms with Gasteiger partial charge in [0.05, 0.1) is 18.2 Å². The molecule has 1 N–H and O–H groups in total. The molecule has 0 saturated carbocycles. The molecule has 5 heteroatoms. The van der Waals surface area contributed by atoms with E-state index in [1.165, 1.54) is 0 Å². The van der Waals surface area contributed by atoms with Crippen molar-refractivity contribution < 1.29 is 9.32 Å². The predicted molar refractivity (Wildman–Crippen MR) is 68.0 cm³/mol. The van der Waals surface area contributed by atoms with Crippen LogP contribution in [0, 0.1) is 19.8 Å². The van der Waals surface area contributed by atoms with Crippen molar-refractivity contribution >= 4 is 5.91 Å². The van der Waals surface area contributed by atoms with Crippen LogP contribution in [0.4, 0.5) is 0 Å². The van der Waals surface area contributed by atoms with E-state index in [2.05, 4.69) is 10.5 Å². The van der Waals surface area contributed by atoms with Crippen molar-refractivity contribution in [2.45, 2.75) is 33.2 Å². The van der Waals surface area contributed by atoms with E-state index in [-0.39, 0.29) is 11.8 Å². The zero-order valence-corrected chi connectivity index (χ0v) is 11.3. The van der Waals surface area contributed by atoms with Crippen molar-refractivity contribution in [2.24, 2.45) is 5.92 Å². The molecule has 5 nitrogen and oxygen atoms in total. The van der Waals surface area contributed by atoms with Crippen LogP contribution in [0.15, 0.2) is 4.52 Å². The number of hydrogen-bond donors (Lipinski definition) is 1. The molecule has 0 spiro atoms. The Morgan fingerprint density at radius 1 is 1.56 bits per heavy atom. The second-order valence-corrected chi connectivity index (χ2v) is 5.04. The molecule has 1 unspecified atom stereocenters. The third kappa shape index (κ3) is 2.72. The highest BCUT2D eigenvalue weighted by molar-refractivity contribution is 5.79. The van der Waals surface area contributed by atoms with Crippen LogP contribution in [-0.4, -0.2) is 36.1 Å². The zero-order chi connectivity index (χ0) is 13.1. The molecular formula is C13H21N3O2. The maximum Gasteiger partial charge on any atom is 0.227 e. The van der Waals surface area contributed by atoms with Gasteiger partial charge >= 0.3 is 0 Å². The fraction of sp³-hybridized carbons (Fsp3) is 0.692. The summed E-state index contributed by atoms with van der Waals surface area (Å²) in [6.45, 7) is 6.20. The van der Waals surface area contributed by atoms with Crippen LogP contribution >= 0.6 is 0 Å². The Kier molecular flexibility index (Phi) is 4.01. The molecule has 0 aromatic carbocycles. The molecule has 0 bridgehead atoms. The van der Waals surface area contributed by atoms with Crippen LogP contribution in [0.2, 0.25) is 0 Å². The quantitative estimate of drug-likeness (QED) is 0.878. The highest BCUT2D eigenvalue weighted by Gasteiger charge is 2.25. The fourth-order valence-corrected chi connectivity index (χ4v) is 2.42. The number of nitrogens with one attached hydrogen (secondary N) is 1. The molecule has 100 valence electrons. The van der Waals surface area contributed by atoms with Crippen molar-refractivity contribution in [3.8, 4) is 0 Å². The molecule has 1 saturated heterocycles. The monoisotopic (exact) mass is 251 g/mol. The number of carbonyl (C=O) groups is 1. The van der Waals surface area contributed by atoms with Gasteiger partial charge in [-0.05, 0) is 33.2 Å². The summed E-state index contributed by atoms with van der Waals surface area (Å²) in [7, 11) is 1.85. The first-order valence-electron chi connectivity index (χ1n) is 6.47. The van der Waals surface area contributed by atoms with E-state index >= 15 is 0 Å². The normalized spacial score (nSPS) is 19.8. The van der Waals surface area contributed by atoms with Gasteiger partial charge in [0.15, 0.2) is 0 Å². The van der Waals surface area contributed by atoms with E-state index in [0.29, 0.717) is 6.54 Å². The second kappa shape index (κ2) is 5.52. The van der Waals surface area contributed by atoms with Gasteiger partial charge in [0.25, 0.3) is 0 Å². The molecule has 1 amide bonds. The Balaban J connectivity index is 1.98. The third-order valence-corrected chi connectivity index (χ3v) is 3.60. The molecular weight excluding hydrogens is 230 g/mol. The Labute approximate surface area is 108 Å². The third-order valence-electron chi connectivity index (χ3n) is 3.60. The minimum atomic E-state index is 0.115. The van der Waals surface area contributed by atoms with Gasteiger partial charge in [0.2, 0.25) is 5.91 Å². The Bertz CT molecular complexity index is 402. The SMILES string of the molecule is Cc1noc(C)c1CN(C)C(=O)C1CCCNC1. The smallest absolute Gasteiger partial charge is 0.227 e. The van der Waals surface area contributed by atoms with Gasteiger partial charge in [0, 0.05) is 19.2 Å². The molecule has 1 aliphatic rings. The number of amides is 1. The average molecular weight is 251 g/mol. The van der Waals surface area contributed by atoms with E-state index in [1.807, 2.05) is 20.9 Å². The molecule has 1 aromatic rings. The van der Waals surface area contributed by atoms with E-state index in [9.17, 15) is 4.79 Å². The van der Waals surface area contributed by atoms with Crippen LogP contribution in [0.25, 0.3) is 0 Å². The lowest BCUT2D eigenvalue weighted by molar-refractivity contribution is -0.135. The molecule has 0 aliphatic carbocycles. The topological polar surface area (TPSA) is 58.4 Å². The summed E-state index contributed by atoms with van der Waals surface area (Å²) < 4.78 is 5.12. The lowest BCUT2D eigenvalue weighted by Gasteiger charge is -2.27. The Morgan fingerprint density at radius 3 is 2.89 bits per heavy atom. The minimum absolute atomic E-state index is 0.115. The molecule has 18 heavy (non-hydrogen) atoms. The predicted octanol–water partition coefficient (Wildman–Crippen LogP) is 1.25. The number of aryl methyl sites for hydroxylation is 2. The Morgan fingerprint density at radius 2 is 2.33 bits per heavy atom. The second-order valence-electron chi connectivity index (χ2n) is 5.04. The summed E-state index contributed by atoms with van der Waals surface area (Å²) in [5, 5.41) is 7.19. The van der Waals surface area contributed by atoms with Gasteiger partial charge in [-0.15, -0.1) is 0 Å². The van der Waals surface area contributed by atoms with Crippen molar-refractivity contribution in [2.75, 3.05) is 20.1 Å². The molecule has 1 atom stereocenters. The van der Waals surface area contributed by atoms with Gasteiger partial charge in [-0.2, -0.15) is 0 Å². The summed E-state index contributed by atoms with van der Waals surface area (Å²) in [6.07, 6.45) is 2.06. The summed E-state index contributed by atoms with van der Waals surface area (Å²) in [4.78, 5) is 14.1. The van der Waals surface area contributed by atoms with E-state index < -0.39 is 0 Å². The van der Waals surface area contributed by atoms with E-state index in [4.69, 9.17) is 4.52 Å². The standard InChI is InChI=1S/C13H21N3O2/c1-9-12(10(2)18-15-9)8-16(3)13(17)11-5-4-6-14-7-11/h11,14H,4-8H2,1-3H3. The lowest BCUT2D eigenvalue weighted by atomic mass is 9.98. The summed E-state index contributed by atoms with van der Waals surface area (Å²) in [5.74, 6) is 1.13. The van der Waals surface area contributed by atoms with Crippen molar-refractivity contribution in [1.29, 1.82) is 0 Å². The number of aromatic nitrogens is 1. The van der Waals surface area contributed by atoms with E-state index in [1.54, 1.807) is 4.90 Å². The van der Waals surface area contributed by atoms with Crippen LogP contribution in [0.1, 0.15) is 29.9 Å². The fourth-order valence-electron chi connectivity index (χ4n) is 2.42. The van der Waals surface area contributed by atoms with Crippen molar-refractivity contribution in [3.63, 3.8) is 0 Å². The molecule has 1 aromatic heterocycles. The van der Waals surface area contributed by atoms with Crippen LogP contribution in [0.5, 0.6) is 0 Å². The first-order chi connectivity index (χ1) is 8.59. The molecule has 2 rings (SSSR count). The molecule has 2 heterocycles. The maximum atomic E-state index is 12.3. The highest BCUT2D eigenvalue weighted by Crippen LogP contribution is 2.18. The van der Waals surface area contributed by atoms with Crippen molar-refractivity contribution in [3.05, 3.63) is 17.0 Å². The van der Waals surface area contributed by atoms with Crippen LogP contribution < -0.4 is 5.32 Å². The summed E-state index contributed by atoms with van der Waals surface area (Å²) in [5.41, 5.74) is 1.89. The number of nitrogens with zero attached hydrogens (tertiary/aromatic N) is 2. The Hall–Kier alpha value is -1.36. The van der Waals surface area contributed by atoms with Gasteiger partial charge in [0.1, 0.15) is 5.76 Å². The molecule has 1 aliphatic heterocycles. The molecule has 1 fully saturated rings. The lowest BCUT2D eigenvalue weighted by Crippen LogP contribution is -2.41. The maximum absolute atomic E-state index is 12.3. The largest absolute Gasteiger partial charge is 0.361 e.